The highest BCUT2D eigenvalue weighted by molar-refractivity contribution is 5.77. The first-order valence-corrected chi connectivity index (χ1v) is 8.83. The molecule has 1 aliphatic rings. The summed E-state index contributed by atoms with van der Waals surface area (Å²) in [5, 5.41) is 10.9. The van der Waals surface area contributed by atoms with Crippen LogP contribution in [0.1, 0.15) is 32.6 Å². The first kappa shape index (κ1) is 19.7. The third-order valence-corrected chi connectivity index (χ3v) is 4.32. The van der Waals surface area contributed by atoms with Crippen LogP contribution in [0.2, 0.25) is 0 Å². The van der Waals surface area contributed by atoms with Gasteiger partial charge in [0.25, 0.3) is 0 Å². The number of piperidine rings is 1. The number of rotatable bonds is 8. The van der Waals surface area contributed by atoms with Crippen LogP contribution in [0.4, 0.5) is 5.69 Å². The molecule has 1 amide bonds. The molecule has 2 rings (SSSR count). The molecule has 1 heterocycles. The van der Waals surface area contributed by atoms with Gasteiger partial charge in [0.15, 0.2) is 5.75 Å². The number of para-hydroxylation sites is 2. The predicted molar refractivity (Wildman–Crippen MR) is 93.8 cm³/mol. The zero-order valence-electron chi connectivity index (χ0n) is 14.9. The van der Waals surface area contributed by atoms with Gasteiger partial charge < -0.3 is 14.4 Å². The van der Waals surface area contributed by atoms with Crippen molar-refractivity contribution in [3.05, 3.63) is 34.4 Å². The third-order valence-electron chi connectivity index (χ3n) is 4.32. The number of carbonyl (C=O) groups excluding carboxylic acids is 2. The Hall–Kier alpha value is -2.64. The number of hydrogen-bond acceptors (Lipinski definition) is 6. The van der Waals surface area contributed by atoms with Gasteiger partial charge in [-0.3, -0.25) is 19.7 Å². The van der Waals surface area contributed by atoms with Crippen molar-refractivity contribution in [3.63, 3.8) is 0 Å². The Labute approximate surface area is 152 Å². The van der Waals surface area contributed by atoms with Gasteiger partial charge in [-0.2, -0.15) is 0 Å². The molecule has 142 valence electrons. The minimum absolute atomic E-state index is 0.0125. The van der Waals surface area contributed by atoms with Crippen LogP contribution in [0.5, 0.6) is 5.75 Å². The topological polar surface area (TPSA) is 99.0 Å². The number of ether oxygens (including phenoxy) is 2. The summed E-state index contributed by atoms with van der Waals surface area (Å²) >= 11 is 0. The molecule has 0 unspecified atom stereocenters. The number of carbonyl (C=O) groups is 2. The van der Waals surface area contributed by atoms with E-state index in [9.17, 15) is 19.7 Å². The fourth-order valence-corrected chi connectivity index (χ4v) is 2.92. The van der Waals surface area contributed by atoms with Crippen LogP contribution >= 0.6 is 0 Å². The molecule has 0 bridgehead atoms. The van der Waals surface area contributed by atoms with E-state index >= 15 is 0 Å². The van der Waals surface area contributed by atoms with E-state index in [1.54, 1.807) is 30.0 Å². The quantitative estimate of drug-likeness (QED) is 0.304. The van der Waals surface area contributed by atoms with Crippen molar-refractivity contribution in [3.8, 4) is 5.75 Å². The van der Waals surface area contributed by atoms with Crippen LogP contribution in [0, 0.1) is 16.0 Å². The Morgan fingerprint density at radius 3 is 2.62 bits per heavy atom. The number of benzene rings is 1. The van der Waals surface area contributed by atoms with Crippen LogP contribution in [-0.4, -0.2) is 48.0 Å². The van der Waals surface area contributed by atoms with Gasteiger partial charge in [-0.25, -0.2) is 0 Å². The Balaban J connectivity index is 1.70. The van der Waals surface area contributed by atoms with E-state index in [0.717, 1.165) is 0 Å². The maximum Gasteiger partial charge on any atom is 0.310 e. The van der Waals surface area contributed by atoms with E-state index in [-0.39, 0.29) is 35.8 Å². The van der Waals surface area contributed by atoms with Crippen LogP contribution in [0.15, 0.2) is 24.3 Å². The molecule has 0 atom stereocenters. The summed E-state index contributed by atoms with van der Waals surface area (Å²) in [5.41, 5.74) is -0.0835. The Bertz CT molecular complexity index is 640. The Kier molecular flexibility index (Phi) is 7.37. The molecule has 1 saturated heterocycles. The molecule has 8 heteroatoms. The monoisotopic (exact) mass is 364 g/mol. The smallest absolute Gasteiger partial charge is 0.310 e. The molecule has 1 aromatic carbocycles. The summed E-state index contributed by atoms with van der Waals surface area (Å²) < 4.78 is 10.5. The largest absolute Gasteiger partial charge is 0.487 e. The maximum absolute atomic E-state index is 12.2. The molecule has 8 nitrogen and oxygen atoms in total. The second-order valence-corrected chi connectivity index (χ2v) is 6.08. The molecule has 1 aromatic rings. The molecule has 0 N–H and O–H groups in total. The first-order valence-electron chi connectivity index (χ1n) is 8.83. The average molecular weight is 364 g/mol. The van der Waals surface area contributed by atoms with Crippen LogP contribution < -0.4 is 4.74 Å². The van der Waals surface area contributed by atoms with E-state index in [0.29, 0.717) is 45.4 Å². The summed E-state index contributed by atoms with van der Waals surface area (Å²) in [6.07, 6.45) is 2.03. The normalized spacial score (nSPS) is 14.7. The van der Waals surface area contributed by atoms with Crippen molar-refractivity contribution >= 4 is 17.6 Å². The number of nitrogens with zero attached hydrogens (tertiary/aromatic N) is 2. The predicted octanol–water partition coefficient (Wildman–Crippen LogP) is 2.56. The lowest BCUT2D eigenvalue weighted by Gasteiger charge is -2.31. The van der Waals surface area contributed by atoms with Gasteiger partial charge in [0.1, 0.15) is 0 Å². The molecule has 0 spiro atoms. The van der Waals surface area contributed by atoms with Gasteiger partial charge in [0, 0.05) is 25.6 Å². The minimum atomic E-state index is -0.492. The van der Waals surface area contributed by atoms with Gasteiger partial charge in [-0.15, -0.1) is 0 Å². The molecule has 0 aromatic heterocycles. The third kappa shape index (κ3) is 5.44. The zero-order valence-corrected chi connectivity index (χ0v) is 14.9. The zero-order chi connectivity index (χ0) is 18.9. The van der Waals surface area contributed by atoms with Gasteiger partial charge in [0.05, 0.1) is 24.1 Å². The number of hydrogen-bond donors (Lipinski definition) is 0. The summed E-state index contributed by atoms with van der Waals surface area (Å²) in [4.78, 5) is 36.1. The summed E-state index contributed by atoms with van der Waals surface area (Å²) in [6.45, 7) is 3.48. The lowest BCUT2D eigenvalue weighted by molar-refractivity contribution is -0.385. The van der Waals surface area contributed by atoms with Crippen LogP contribution in [0.25, 0.3) is 0 Å². The molecule has 0 saturated carbocycles. The van der Waals surface area contributed by atoms with Gasteiger partial charge in [-0.05, 0) is 32.3 Å². The molecule has 1 fully saturated rings. The fourth-order valence-electron chi connectivity index (χ4n) is 2.92. The molecule has 0 aliphatic carbocycles. The standard InChI is InChI=1S/C18H24N2O6/c1-2-25-18(22)14-9-11-19(12-10-14)17(21)8-5-13-26-16-7-4-3-6-15(16)20(23)24/h3-4,6-7,14H,2,5,8-13H2,1H3. The first-order chi connectivity index (χ1) is 12.5. The fraction of sp³-hybridized carbons (Fsp3) is 0.556. The van der Waals surface area contributed by atoms with E-state index in [1.807, 2.05) is 0 Å². The summed E-state index contributed by atoms with van der Waals surface area (Å²) in [7, 11) is 0. The number of nitro benzene ring substituents is 1. The highest BCUT2D eigenvalue weighted by Gasteiger charge is 2.27. The van der Waals surface area contributed by atoms with E-state index in [2.05, 4.69) is 0 Å². The lowest BCUT2D eigenvalue weighted by Crippen LogP contribution is -2.40. The average Bonchev–Trinajstić information content (AvgIpc) is 2.65. The molecule has 1 aliphatic heterocycles. The van der Waals surface area contributed by atoms with Crippen molar-refractivity contribution in [1.29, 1.82) is 0 Å². The number of amides is 1. The molecule has 26 heavy (non-hydrogen) atoms. The van der Waals surface area contributed by atoms with Crippen molar-refractivity contribution in [2.45, 2.75) is 32.6 Å². The SMILES string of the molecule is CCOC(=O)C1CCN(C(=O)CCCOc2ccccc2[N+](=O)[O-])CC1. The van der Waals surface area contributed by atoms with Crippen molar-refractivity contribution in [2.75, 3.05) is 26.3 Å². The van der Waals surface area contributed by atoms with E-state index < -0.39 is 4.92 Å². The van der Waals surface area contributed by atoms with Gasteiger partial charge in [-0.1, -0.05) is 12.1 Å². The van der Waals surface area contributed by atoms with Crippen LogP contribution in [-0.2, 0) is 14.3 Å². The summed E-state index contributed by atoms with van der Waals surface area (Å²) in [6, 6.07) is 6.17. The highest BCUT2D eigenvalue weighted by Crippen LogP contribution is 2.26. The van der Waals surface area contributed by atoms with Crippen LogP contribution in [0.3, 0.4) is 0 Å². The van der Waals surface area contributed by atoms with Gasteiger partial charge >= 0.3 is 11.7 Å². The molecule has 0 radical (unpaired) electrons. The maximum atomic E-state index is 12.2. The molecular weight excluding hydrogens is 340 g/mol. The van der Waals surface area contributed by atoms with Crippen molar-refractivity contribution in [2.24, 2.45) is 5.92 Å². The van der Waals surface area contributed by atoms with Gasteiger partial charge in [0.2, 0.25) is 5.91 Å². The van der Waals surface area contributed by atoms with E-state index in [4.69, 9.17) is 9.47 Å². The number of esters is 1. The van der Waals surface area contributed by atoms with E-state index in [1.165, 1.54) is 6.07 Å². The Morgan fingerprint density at radius 1 is 1.27 bits per heavy atom. The second kappa shape index (κ2) is 9.74. The second-order valence-electron chi connectivity index (χ2n) is 6.08. The molecular formula is C18H24N2O6. The highest BCUT2D eigenvalue weighted by atomic mass is 16.6. The minimum Gasteiger partial charge on any atom is -0.487 e. The number of likely N-dealkylation sites (tertiary alicyclic amines) is 1. The van der Waals surface area contributed by atoms with Crippen molar-refractivity contribution < 1.29 is 24.0 Å². The summed E-state index contributed by atoms with van der Waals surface area (Å²) in [5.74, 6) is -0.0860. The number of nitro groups is 1. The lowest BCUT2D eigenvalue weighted by atomic mass is 9.97. The Morgan fingerprint density at radius 2 is 1.96 bits per heavy atom. The van der Waals surface area contributed by atoms with Crippen molar-refractivity contribution in [1.82, 2.24) is 4.90 Å².